The molecular formula is C20H25NO3. The van der Waals surface area contributed by atoms with E-state index in [1.54, 1.807) is 0 Å². The van der Waals surface area contributed by atoms with Crippen molar-refractivity contribution in [1.82, 2.24) is 0 Å². The van der Waals surface area contributed by atoms with Gasteiger partial charge in [0.1, 0.15) is 11.5 Å². The van der Waals surface area contributed by atoms with Crippen LogP contribution >= 0.6 is 0 Å². The standard InChI is InChI=1S/C20H25NO3/c1-5-18(24-19-12-7-14(3)13-15(19)4)20(22)21-16-8-10-17(11-9-16)23-6-2/h7-13,18H,5-6H2,1-4H3,(H,21,22). The van der Waals surface area contributed by atoms with E-state index in [0.717, 1.165) is 22.7 Å². The number of benzene rings is 2. The number of anilines is 1. The zero-order valence-corrected chi connectivity index (χ0v) is 14.8. The maximum Gasteiger partial charge on any atom is 0.265 e. The molecule has 0 aliphatic carbocycles. The highest BCUT2D eigenvalue weighted by Crippen LogP contribution is 2.22. The van der Waals surface area contributed by atoms with Gasteiger partial charge in [0.05, 0.1) is 6.61 Å². The average Bonchev–Trinajstić information content (AvgIpc) is 2.56. The molecule has 1 unspecified atom stereocenters. The van der Waals surface area contributed by atoms with Crippen molar-refractivity contribution in [3.05, 3.63) is 53.6 Å². The molecule has 0 saturated carbocycles. The van der Waals surface area contributed by atoms with Crippen LogP contribution in [-0.2, 0) is 4.79 Å². The summed E-state index contributed by atoms with van der Waals surface area (Å²) in [6.45, 7) is 8.51. The van der Waals surface area contributed by atoms with Gasteiger partial charge in [-0.2, -0.15) is 0 Å². The summed E-state index contributed by atoms with van der Waals surface area (Å²) in [5.74, 6) is 1.38. The predicted octanol–water partition coefficient (Wildman–Crippen LogP) is 4.50. The van der Waals surface area contributed by atoms with Gasteiger partial charge >= 0.3 is 0 Å². The molecule has 1 N–H and O–H groups in total. The molecule has 2 rings (SSSR count). The maximum atomic E-state index is 12.5. The molecule has 128 valence electrons. The van der Waals surface area contributed by atoms with Crippen LogP contribution in [0.15, 0.2) is 42.5 Å². The number of carbonyl (C=O) groups is 1. The minimum atomic E-state index is -0.530. The van der Waals surface area contributed by atoms with Gasteiger partial charge in [-0.3, -0.25) is 4.79 Å². The second-order valence-corrected chi connectivity index (χ2v) is 5.73. The lowest BCUT2D eigenvalue weighted by molar-refractivity contribution is -0.122. The number of amides is 1. The number of hydrogen-bond acceptors (Lipinski definition) is 3. The van der Waals surface area contributed by atoms with E-state index in [0.29, 0.717) is 13.0 Å². The van der Waals surface area contributed by atoms with Gasteiger partial charge in [0.25, 0.3) is 5.91 Å². The van der Waals surface area contributed by atoms with Crippen LogP contribution in [0.1, 0.15) is 31.4 Å². The largest absolute Gasteiger partial charge is 0.494 e. The van der Waals surface area contributed by atoms with E-state index in [-0.39, 0.29) is 5.91 Å². The summed E-state index contributed by atoms with van der Waals surface area (Å²) in [4.78, 5) is 12.5. The fourth-order valence-electron chi connectivity index (χ4n) is 2.43. The maximum absolute atomic E-state index is 12.5. The van der Waals surface area contributed by atoms with Crippen molar-refractivity contribution in [3.8, 4) is 11.5 Å². The fraction of sp³-hybridized carbons (Fsp3) is 0.350. The molecule has 0 bridgehead atoms. The summed E-state index contributed by atoms with van der Waals surface area (Å²) < 4.78 is 11.3. The Labute approximate surface area is 143 Å². The second kappa shape index (κ2) is 8.39. The van der Waals surface area contributed by atoms with Crippen molar-refractivity contribution in [3.63, 3.8) is 0 Å². The van der Waals surface area contributed by atoms with Crippen molar-refractivity contribution >= 4 is 11.6 Å². The van der Waals surface area contributed by atoms with Crippen LogP contribution in [0.25, 0.3) is 0 Å². The van der Waals surface area contributed by atoms with E-state index in [1.807, 2.05) is 70.2 Å². The predicted molar refractivity (Wildman–Crippen MR) is 96.9 cm³/mol. The van der Waals surface area contributed by atoms with Gasteiger partial charge in [-0.05, 0) is 63.1 Å². The van der Waals surface area contributed by atoms with Gasteiger partial charge in [0, 0.05) is 5.69 Å². The van der Waals surface area contributed by atoms with Crippen LogP contribution < -0.4 is 14.8 Å². The Morgan fingerprint density at radius 2 is 1.79 bits per heavy atom. The third-order valence-electron chi connectivity index (χ3n) is 3.70. The Morgan fingerprint density at radius 1 is 1.08 bits per heavy atom. The zero-order chi connectivity index (χ0) is 17.5. The first-order chi connectivity index (χ1) is 11.5. The minimum Gasteiger partial charge on any atom is -0.494 e. The van der Waals surface area contributed by atoms with Crippen LogP contribution in [-0.4, -0.2) is 18.6 Å². The molecule has 0 spiro atoms. The van der Waals surface area contributed by atoms with E-state index in [4.69, 9.17) is 9.47 Å². The normalized spacial score (nSPS) is 11.7. The molecule has 2 aromatic carbocycles. The fourth-order valence-corrected chi connectivity index (χ4v) is 2.43. The molecule has 0 aromatic heterocycles. The van der Waals surface area contributed by atoms with Crippen molar-refractivity contribution in [2.45, 2.75) is 40.2 Å². The summed E-state index contributed by atoms with van der Waals surface area (Å²) >= 11 is 0. The lowest BCUT2D eigenvalue weighted by Crippen LogP contribution is -2.32. The van der Waals surface area contributed by atoms with E-state index >= 15 is 0 Å². The number of carbonyl (C=O) groups excluding carboxylic acids is 1. The lowest BCUT2D eigenvalue weighted by Gasteiger charge is -2.19. The Morgan fingerprint density at radius 3 is 2.38 bits per heavy atom. The number of ether oxygens (including phenoxy) is 2. The molecule has 0 heterocycles. The number of rotatable bonds is 7. The molecule has 1 amide bonds. The molecule has 0 radical (unpaired) electrons. The highest BCUT2D eigenvalue weighted by molar-refractivity contribution is 5.94. The van der Waals surface area contributed by atoms with Gasteiger partial charge in [0.15, 0.2) is 6.10 Å². The highest BCUT2D eigenvalue weighted by atomic mass is 16.5. The minimum absolute atomic E-state index is 0.151. The first-order valence-corrected chi connectivity index (χ1v) is 8.31. The monoisotopic (exact) mass is 327 g/mol. The molecule has 2 aromatic rings. The molecule has 4 nitrogen and oxygen atoms in total. The molecule has 0 aliphatic heterocycles. The first kappa shape index (κ1) is 17.9. The first-order valence-electron chi connectivity index (χ1n) is 8.31. The highest BCUT2D eigenvalue weighted by Gasteiger charge is 2.19. The summed E-state index contributed by atoms with van der Waals surface area (Å²) in [6.07, 6.45) is 0.0638. The van der Waals surface area contributed by atoms with Crippen molar-refractivity contribution in [2.24, 2.45) is 0 Å². The van der Waals surface area contributed by atoms with E-state index in [2.05, 4.69) is 5.32 Å². The summed E-state index contributed by atoms with van der Waals surface area (Å²) in [7, 11) is 0. The van der Waals surface area contributed by atoms with E-state index in [9.17, 15) is 4.79 Å². The smallest absolute Gasteiger partial charge is 0.265 e. The zero-order valence-electron chi connectivity index (χ0n) is 14.8. The quantitative estimate of drug-likeness (QED) is 0.814. The topological polar surface area (TPSA) is 47.6 Å². The van der Waals surface area contributed by atoms with Crippen LogP contribution in [0.3, 0.4) is 0 Å². The Balaban J connectivity index is 2.02. The molecule has 24 heavy (non-hydrogen) atoms. The SMILES string of the molecule is CCOc1ccc(NC(=O)C(CC)Oc2ccc(C)cc2C)cc1. The van der Waals surface area contributed by atoms with Gasteiger partial charge < -0.3 is 14.8 Å². The lowest BCUT2D eigenvalue weighted by atomic mass is 10.1. The Kier molecular flexibility index (Phi) is 6.24. The molecule has 0 aliphatic rings. The van der Waals surface area contributed by atoms with Crippen molar-refractivity contribution < 1.29 is 14.3 Å². The second-order valence-electron chi connectivity index (χ2n) is 5.73. The summed E-state index contributed by atoms with van der Waals surface area (Å²) in [6, 6.07) is 13.3. The average molecular weight is 327 g/mol. The van der Waals surface area contributed by atoms with Crippen LogP contribution in [0.2, 0.25) is 0 Å². The number of hydrogen-bond donors (Lipinski definition) is 1. The van der Waals surface area contributed by atoms with E-state index in [1.165, 1.54) is 5.56 Å². The molecule has 0 saturated heterocycles. The van der Waals surface area contributed by atoms with Gasteiger partial charge in [-0.1, -0.05) is 24.6 Å². The Bertz CT molecular complexity index is 680. The molecule has 1 atom stereocenters. The van der Waals surface area contributed by atoms with Crippen LogP contribution in [0.4, 0.5) is 5.69 Å². The van der Waals surface area contributed by atoms with E-state index < -0.39 is 6.10 Å². The van der Waals surface area contributed by atoms with Crippen molar-refractivity contribution in [2.75, 3.05) is 11.9 Å². The van der Waals surface area contributed by atoms with Gasteiger partial charge in [-0.25, -0.2) is 0 Å². The molecule has 0 fully saturated rings. The van der Waals surface area contributed by atoms with Crippen molar-refractivity contribution in [1.29, 1.82) is 0 Å². The Hall–Kier alpha value is -2.49. The van der Waals surface area contributed by atoms with Gasteiger partial charge in [-0.15, -0.1) is 0 Å². The third-order valence-corrected chi connectivity index (χ3v) is 3.70. The molecular weight excluding hydrogens is 302 g/mol. The number of nitrogens with one attached hydrogen (secondary N) is 1. The third kappa shape index (κ3) is 4.75. The molecule has 4 heteroatoms. The summed E-state index contributed by atoms with van der Waals surface area (Å²) in [5, 5.41) is 2.89. The van der Waals surface area contributed by atoms with Crippen LogP contribution in [0.5, 0.6) is 11.5 Å². The van der Waals surface area contributed by atoms with Crippen LogP contribution in [0, 0.1) is 13.8 Å². The number of aryl methyl sites for hydroxylation is 2. The van der Waals surface area contributed by atoms with Gasteiger partial charge in [0.2, 0.25) is 0 Å². The summed E-state index contributed by atoms with van der Waals surface area (Å²) in [5.41, 5.74) is 2.93.